The Morgan fingerprint density at radius 1 is 1.40 bits per heavy atom. The lowest BCUT2D eigenvalue weighted by Gasteiger charge is -2.06. The summed E-state index contributed by atoms with van der Waals surface area (Å²) in [6, 6.07) is 1.93. The fourth-order valence-electron chi connectivity index (χ4n) is 2.06. The van der Waals surface area contributed by atoms with Crippen molar-refractivity contribution in [3.8, 4) is 0 Å². The van der Waals surface area contributed by atoms with Gasteiger partial charge in [0.25, 0.3) is 0 Å². The van der Waals surface area contributed by atoms with Gasteiger partial charge in [-0.25, -0.2) is 0 Å². The van der Waals surface area contributed by atoms with Crippen LogP contribution in [0.15, 0.2) is 18.5 Å². The fraction of sp³-hybridized carbons (Fsp3) is 0.500. The number of nitrogens with zero attached hydrogens (tertiary/aromatic N) is 4. The minimum Gasteiger partial charge on any atom is -0.352 e. The molecule has 1 amide bonds. The summed E-state index contributed by atoms with van der Waals surface area (Å²) >= 11 is 0. The molecule has 2 heterocycles. The lowest BCUT2D eigenvalue weighted by molar-refractivity contribution is -0.121. The molecule has 0 aliphatic heterocycles. The number of hydrogen-bond acceptors (Lipinski definition) is 3. The first kappa shape index (κ1) is 14.3. The Morgan fingerprint density at radius 2 is 2.20 bits per heavy atom. The number of aromatic nitrogens is 4. The molecule has 0 atom stereocenters. The van der Waals surface area contributed by atoms with Crippen molar-refractivity contribution in [1.29, 1.82) is 0 Å². The topological polar surface area (TPSA) is 64.7 Å². The number of carbonyl (C=O) groups excluding carboxylic acids is 1. The molecule has 2 aromatic heterocycles. The van der Waals surface area contributed by atoms with Crippen molar-refractivity contribution in [3.05, 3.63) is 35.4 Å². The molecular formula is C14H21N5O. The fourth-order valence-corrected chi connectivity index (χ4v) is 2.06. The molecule has 0 saturated carbocycles. The molecule has 108 valence electrons. The summed E-state index contributed by atoms with van der Waals surface area (Å²) < 4.78 is 3.71. The van der Waals surface area contributed by atoms with Crippen LogP contribution in [-0.2, 0) is 24.4 Å². The molecule has 0 radical (unpaired) electrons. The number of hydrogen-bond donors (Lipinski definition) is 1. The van der Waals surface area contributed by atoms with Crippen LogP contribution in [0.3, 0.4) is 0 Å². The van der Waals surface area contributed by atoms with E-state index < -0.39 is 0 Å². The Balaban J connectivity index is 1.78. The molecule has 6 heteroatoms. The maximum absolute atomic E-state index is 11.8. The molecule has 6 nitrogen and oxygen atoms in total. The first-order chi connectivity index (χ1) is 9.60. The molecule has 0 spiro atoms. The van der Waals surface area contributed by atoms with Crippen LogP contribution in [0.4, 0.5) is 0 Å². The molecule has 0 aliphatic rings. The summed E-state index contributed by atoms with van der Waals surface area (Å²) in [5.74, 6) is 0.0294. The summed E-state index contributed by atoms with van der Waals surface area (Å²) in [7, 11) is 0. The summed E-state index contributed by atoms with van der Waals surface area (Å²) in [5, 5.41) is 11.4. The van der Waals surface area contributed by atoms with Crippen molar-refractivity contribution in [1.82, 2.24) is 24.9 Å². The molecule has 2 aromatic rings. The van der Waals surface area contributed by atoms with Crippen LogP contribution < -0.4 is 5.32 Å². The Bertz CT molecular complexity index is 584. The van der Waals surface area contributed by atoms with Gasteiger partial charge >= 0.3 is 0 Å². The monoisotopic (exact) mass is 275 g/mol. The number of carbonyl (C=O) groups is 1. The highest BCUT2D eigenvalue weighted by molar-refractivity contribution is 5.75. The maximum atomic E-state index is 11.8. The molecule has 0 unspecified atom stereocenters. The van der Waals surface area contributed by atoms with Crippen molar-refractivity contribution >= 4 is 5.91 Å². The van der Waals surface area contributed by atoms with Gasteiger partial charge in [-0.2, -0.15) is 10.2 Å². The Labute approximate surface area is 118 Å². The van der Waals surface area contributed by atoms with Crippen LogP contribution in [0, 0.1) is 13.8 Å². The first-order valence-corrected chi connectivity index (χ1v) is 6.88. The lowest BCUT2D eigenvalue weighted by Crippen LogP contribution is -2.24. The molecule has 0 aromatic carbocycles. The molecule has 20 heavy (non-hydrogen) atoms. The number of rotatable bonds is 6. The van der Waals surface area contributed by atoms with E-state index in [1.54, 1.807) is 4.68 Å². The van der Waals surface area contributed by atoms with Crippen LogP contribution in [0.2, 0.25) is 0 Å². The zero-order valence-electron chi connectivity index (χ0n) is 12.3. The average Bonchev–Trinajstić information content (AvgIpc) is 3.00. The van der Waals surface area contributed by atoms with E-state index in [1.807, 2.05) is 37.0 Å². The number of amides is 1. The molecule has 0 fully saturated rings. The van der Waals surface area contributed by atoms with Gasteiger partial charge in [-0.1, -0.05) is 0 Å². The van der Waals surface area contributed by atoms with Gasteiger partial charge in [0.1, 0.15) is 0 Å². The Hall–Kier alpha value is -2.11. The van der Waals surface area contributed by atoms with Crippen LogP contribution >= 0.6 is 0 Å². The third-order valence-corrected chi connectivity index (χ3v) is 3.32. The second-order valence-electron chi connectivity index (χ2n) is 4.82. The first-order valence-electron chi connectivity index (χ1n) is 6.88. The van der Waals surface area contributed by atoms with Gasteiger partial charge in [0.15, 0.2) is 0 Å². The van der Waals surface area contributed by atoms with E-state index in [0.29, 0.717) is 19.5 Å². The zero-order chi connectivity index (χ0) is 14.5. The maximum Gasteiger partial charge on any atom is 0.222 e. The van der Waals surface area contributed by atoms with E-state index in [4.69, 9.17) is 0 Å². The molecular weight excluding hydrogens is 254 g/mol. The van der Waals surface area contributed by atoms with E-state index in [9.17, 15) is 4.79 Å². The SMILES string of the molecule is CCn1ncc(CNC(=O)CCn2ccc(C)n2)c1C. The third kappa shape index (κ3) is 3.46. The van der Waals surface area contributed by atoms with Crippen molar-refractivity contribution in [3.63, 3.8) is 0 Å². The Morgan fingerprint density at radius 3 is 2.80 bits per heavy atom. The predicted molar refractivity (Wildman–Crippen MR) is 76.1 cm³/mol. The normalized spacial score (nSPS) is 10.8. The van der Waals surface area contributed by atoms with Gasteiger partial charge in [-0.05, 0) is 26.8 Å². The van der Waals surface area contributed by atoms with E-state index in [1.165, 1.54) is 0 Å². The predicted octanol–water partition coefficient (Wildman–Crippen LogP) is 1.42. The quantitative estimate of drug-likeness (QED) is 0.867. The van der Waals surface area contributed by atoms with Crippen LogP contribution in [0.5, 0.6) is 0 Å². The highest BCUT2D eigenvalue weighted by atomic mass is 16.1. The summed E-state index contributed by atoms with van der Waals surface area (Å²) in [5.41, 5.74) is 3.14. The summed E-state index contributed by atoms with van der Waals surface area (Å²) in [6.07, 6.45) is 4.14. The largest absolute Gasteiger partial charge is 0.352 e. The number of nitrogens with one attached hydrogen (secondary N) is 1. The highest BCUT2D eigenvalue weighted by Gasteiger charge is 2.07. The zero-order valence-corrected chi connectivity index (χ0v) is 12.3. The van der Waals surface area contributed by atoms with Gasteiger partial charge in [0, 0.05) is 43.5 Å². The van der Waals surface area contributed by atoms with Crippen LogP contribution in [0.25, 0.3) is 0 Å². The van der Waals surface area contributed by atoms with Gasteiger partial charge < -0.3 is 5.32 Å². The molecule has 0 aliphatic carbocycles. The minimum atomic E-state index is 0.0294. The van der Waals surface area contributed by atoms with E-state index in [2.05, 4.69) is 22.4 Å². The third-order valence-electron chi connectivity index (χ3n) is 3.32. The molecule has 0 bridgehead atoms. The highest BCUT2D eigenvalue weighted by Crippen LogP contribution is 2.06. The van der Waals surface area contributed by atoms with Gasteiger partial charge in [0.05, 0.1) is 11.9 Å². The molecule has 1 N–H and O–H groups in total. The van der Waals surface area contributed by atoms with Gasteiger partial charge in [-0.15, -0.1) is 0 Å². The van der Waals surface area contributed by atoms with Crippen molar-refractivity contribution in [2.75, 3.05) is 0 Å². The summed E-state index contributed by atoms with van der Waals surface area (Å²) in [6.45, 7) is 7.98. The lowest BCUT2D eigenvalue weighted by atomic mass is 10.2. The van der Waals surface area contributed by atoms with E-state index in [-0.39, 0.29) is 5.91 Å². The molecule has 0 saturated heterocycles. The second kappa shape index (κ2) is 6.36. The standard InChI is InChI=1S/C14H21N5O/c1-4-19-12(3)13(10-16-19)9-15-14(20)6-8-18-7-5-11(2)17-18/h5,7,10H,4,6,8-9H2,1-3H3,(H,15,20). The van der Waals surface area contributed by atoms with Gasteiger partial charge in [0.2, 0.25) is 5.91 Å². The number of aryl methyl sites for hydroxylation is 3. The Kier molecular flexibility index (Phi) is 4.55. The summed E-state index contributed by atoms with van der Waals surface area (Å²) in [4.78, 5) is 11.8. The van der Waals surface area contributed by atoms with Crippen LogP contribution in [0.1, 0.15) is 30.3 Å². The van der Waals surface area contributed by atoms with Gasteiger partial charge in [-0.3, -0.25) is 14.2 Å². The second-order valence-corrected chi connectivity index (χ2v) is 4.82. The van der Waals surface area contributed by atoms with Crippen LogP contribution in [-0.4, -0.2) is 25.5 Å². The minimum absolute atomic E-state index is 0.0294. The smallest absolute Gasteiger partial charge is 0.222 e. The average molecular weight is 275 g/mol. The van der Waals surface area contributed by atoms with E-state index >= 15 is 0 Å². The van der Waals surface area contributed by atoms with E-state index in [0.717, 1.165) is 23.5 Å². The van der Waals surface area contributed by atoms with Crippen molar-refractivity contribution < 1.29 is 4.79 Å². The van der Waals surface area contributed by atoms with Crippen molar-refractivity contribution in [2.45, 2.75) is 46.8 Å². The van der Waals surface area contributed by atoms with Crippen molar-refractivity contribution in [2.24, 2.45) is 0 Å². The molecule has 2 rings (SSSR count).